The monoisotopic (exact) mass is 730 g/mol. The molecule has 1 amide bonds. The van der Waals surface area contributed by atoms with E-state index in [0.717, 1.165) is 54.8 Å². The molecule has 0 bridgehead atoms. The Morgan fingerprint density at radius 1 is 0.980 bits per heavy atom. The summed E-state index contributed by atoms with van der Waals surface area (Å²) in [5.41, 5.74) is 1.50. The second-order valence-electron chi connectivity index (χ2n) is 12.7. The fraction of sp³-hybridized carbons (Fsp3) is 0.371. The van der Waals surface area contributed by atoms with Crippen LogP contribution in [-0.4, -0.2) is 68.1 Å². The highest BCUT2D eigenvalue weighted by molar-refractivity contribution is 7.89. The largest absolute Gasteiger partial charge is 0.481 e. The number of sulfonamides is 1. The van der Waals surface area contributed by atoms with Crippen LogP contribution in [0.15, 0.2) is 77.6 Å². The molecule has 3 aromatic rings. The third kappa shape index (κ3) is 7.31. The molecule has 3 aliphatic rings. The van der Waals surface area contributed by atoms with Crippen LogP contribution in [0.2, 0.25) is 0 Å². The molecule has 1 saturated carbocycles. The average Bonchev–Trinajstić information content (AvgIpc) is 3.09. The van der Waals surface area contributed by atoms with Crippen molar-refractivity contribution in [1.82, 2.24) is 19.2 Å². The molecule has 0 spiro atoms. The van der Waals surface area contributed by atoms with Gasteiger partial charge in [0.05, 0.1) is 30.7 Å². The van der Waals surface area contributed by atoms with Gasteiger partial charge in [-0.3, -0.25) is 19.6 Å². The van der Waals surface area contributed by atoms with E-state index in [2.05, 4.69) is 9.97 Å². The molecule has 3 atom stereocenters. The molecule has 270 valence electrons. The number of benzene rings is 2. The molecule has 2 fully saturated rings. The van der Waals surface area contributed by atoms with Gasteiger partial charge in [0.15, 0.2) is 28.2 Å². The highest BCUT2D eigenvalue weighted by Gasteiger charge is 2.49. The number of carbonyl (C=O) groups is 2. The molecule has 1 aromatic heterocycles. The van der Waals surface area contributed by atoms with Crippen molar-refractivity contribution in [2.24, 2.45) is 5.92 Å². The van der Waals surface area contributed by atoms with Crippen molar-refractivity contribution in [3.8, 4) is 0 Å². The maximum absolute atomic E-state index is 14.7. The molecule has 6 rings (SSSR count). The van der Waals surface area contributed by atoms with Gasteiger partial charge < -0.3 is 19.8 Å². The number of carboxylic acid groups (broad SMARTS) is 1. The Balaban J connectivity index is 1.35. The number of rotatable bonds is 11. The van der Waals surface area contributed by atoms with Gasteiger partial charge in [0.1, 0.15) is 12.0 Å². The van der Waals surface area contributed by atoms with E-state index in [-0.39, 0.29) is 42.9 Å². The summed E-state index contributed by atoms with van der Waals surface area (Å²) in [6.07, 6.45) is 11.4. The van der Waals surface area contributed by atoms with E-state index in [0.29, 0.717) is 9.87 Å². The fourth-order valence-corrected chi connectivity index (χ4v) is 8.26. The van der Waals surface area contributed by atoms with Gasteiger partial charge in [0, 0.05) is 30.4 Å². The lowest BCUT2D eigenvalue weighted by Crippen LogP contribution is -2.59. The van der Waals surface area contributed by atoms with E-state index in [9.17, 15) is 45.8 Å². The first kappa shape index (κ1) is 36.3. The number of aliphatic hydroxyl groups is 1. The first-order valence-electron chi connectivity index (χ1n) is 16.3. The zero-order valence-electron chi connectivity index (χ0n) is 27.1. The lowest BCUT2D eigenvalue weighted by molar-refractivity contribution is -0.208. The van der Waals surface area contributed by atoms with Gasteiger partial charge in [-0.05, 0) is 37.0 Å². The number of nitrogens with zero attached hydrogens (tertiary/aromatic N) is 4. The molecule has 2 unspecified atom stereocenters. The van der Waals surface area contributed by atoms with E-state index < -0.39 is 74.4 Å². The number of ether oxygens (including phenoxy) is 1. The Kier molecular flexibility index (Phi) is 10.4. The average molecular weight is 731 g/mol. The first-order valence-corrected chi connectivity index (χ1v) is 17.8. The van der Waals surface area contributed by atoms with E-state index in [1.165, 1.54) is 12.3 Å². The van der Waals surface area contributed by atoms with E-state index >= 15 is 0 Å². The van der Waals surface area contributed by atoms with Gasteiger partial charge in [0.2, 0.25) is 21.7 Å². The van der Waals surface area contributed by atoms with Crippen molar-refractivity contribution in [3.05, 3.63) is 113 Å². The number of aliphatic carboxylic acids is 1. The van der Waals surface area contributed by atoms with Crippen LogP contribution in [0.3, 0.4) is 0 Å². The molecule has 2 aromatic carbocycles. The lowest BCUT2D eigenvalue weighted by atomic mass is 9.87. The molecular formula is C35H34F4N4O7S. The topological polar surface area (TPSA) is 150 Å². The summed E-state index contributed by atoms with van der Waals surface area (Å²) in [5.74, 6) is -14.5. The smallest absolute Gasteiger partial charge is 0.316 e. The van der Waals surface area contributed by atoms with Crippen LogP contribution in [0.1, 0.15) is 61.4 Å². The number of halogens is 4. The second kappa shape index (κ2) is 14.6. The SMILES string of the molecule is O=C(O)[C@@H]1C=CC(N(Cc2cnc(C3CCCCC3)cn2)C(=O)C2CCN2S(=O)(=O)c2c(F)c(F)cc(F)c2F)=CC1(O)OCc1ccccc1. The second-order valence-corrected chi connectivity index (χ2v) is 14.5. The van der Waals surface area contributed by atoms with Gasteiger partial charge in [-0.25, -0.2) is 26.0 Å². The molecular weight excluding hydrogens is 696 g/mol. The Morgan fingerprint density at radius 3 is 2.25 bits per heavy atom. The summed E-state index contributed by atoms with van der Waals surface area (Å²) in [7, 11) is -5.30. The Hall–Kier alpha value is -4.51. The minimum atomic E-state index is -5.30. The van der Waals surface area contributed by atoms with E-state index in [4.69, 9.17) is 4.74 Å². The van der Waals surface area contributed by atoms with Gasteiger partial charge in [-0.15, -0.1) is 0 Å². The summed E-state index contributed by atoms with van der Waals surface area (Å²) >= 11 is 0. The molecule has 51 heavy (non-hydrogen) atoms. The molecule has 2 N–H and O–H groups in total. The summed E-state index contributed by atoms with van der Waals surface area (Å²) in [4.78, 5) is 34.6. The van der Waals surface area contributed by atoms with Crippen LogP contribution < -0.4 is 0 Å². The van der Waals surface area contributed by atoms with Gasteiger partial charge in [-0.2, -0.15) is 4.31 Å². The van der Waals surface area contributed by atoms with Crippen LogP contribution in [0.25, 0.3) is 0 Å². The van der Waals surface area contributed by atoms with E-state index in [1.807, 2.05) is 0 Å². The minimum absolute atomic E-state index is 0.107. The van der Waals surface area contributed by atoms with Crippen molar-refractivity contribution < 1.29 is 50.5 Å². The Morgan fingerprint density at radius 2 is 1.67 bits per heavy atom. The predicted octanol–water partition coefficient (Wildman–Crippen LogP) is 4.93. The summed E-state index contributed by atoms with van der Waals surface area (Å²) < 4.78 is 90.4. The zero-order chi connectivity index (χ0) is 36.5. The Labute approximate surface area is 290 Å². The van der Waals surface area contributed by atoms with Crippen molar-refractivity contribution in [1.29, 1.82) is 0 Å². The van der Waals surface area contributed by atoms with Gasteiger partial charge >= 0.3 is 5.97 Å². The van der Waals surface area contributed by atoms with Crippen LogP contribution >= 0.6 is 0 Å². The number of carboxylic acids is 1. The van der Waals surface area contributed by atoms with Gasteiger partial charge in [-0.1, -0.05) is 55.7 Å². The van der Waals surface area contributed by atoms with Crippen LogP contribution in [0.5, 0.6) is 0 Å². The predicted molar refractivity (Wildman–Crippen MR) is 172 cm³/mol. The normalized spacial score (nSPS) is 22.6. The third-order valence-corrected chi connectivity index (χ3v) is 11.3. The lowest BCUT2D eigenvalue weighted by Gasteiger charge is -2.42. The summed E-state index contributed by atoms with van der Waals surface area (Å²) in [5, 5.41) is 21.5. The van der Waals surface area contributed by atoms with Crippen LogP contribution in [-0.2, 0) is 37.5 Å². The van der Waals surface area contributed by atoms with Crippen molar-refractivity contribution in [3.63, 3.8) is 0 Å². The quantitative estimate of drug-likeness (QED) is 0.159. The molecule has 1 aliphatic heterocycles. The van der Waals surface area contributed by atoms with Crippen LogP contribution in [0.4, 0.5) is 17.6 Å². The van der Waals surface area contributed by atoms with Crippen LogP contribution in [0, 0.1) is 29.2 Å². The maximum atomic E-state index is 14.7. The Bertz CT molecular complexity index is 1950. The highest BCUT2D eigenvalue weighted by Crippen LogP contribution is 2.37. The molecule has 1 saturated heterocycles. The summed E-state index contributed by atoms with van der Waals surface area (Å²) in [6, 6.07) is 6.83. The number of allylic oxidation sites excluding steroid dienone is 1. The maximum Gasteiger partial charge on any atom is 0.316 e. The number of hydrogen-bond acceptors (Lipinski definition) is 8. The molecule has 16 heteroatoms. The van der Waals surface area contributed by atoms with E-state index in [1.54, 1.807) is 36.5 Å². The number of carbonyl (C=O) groups excluding carboxylic acids is 1. The van der Waals surface area contributed by atoms with Crippen molar-refractivity contribution in [2.45, 2.75) is 74.3 Å². The number of amides is 1. The molecule has 0 radical (unpaired) electrons. The number of aromatic nitrogens is 2. The fourth-order valence-electron chi connectivity index (χ4n) is 6.50. The highest BCUT2D eigenvalue weighted by atomic mass is 32.2. The first-order chi connectivity index (χ1) is 24.3. The molecule has 2 heterocycles. The minimum Gasteiger partial charge on any atom is -0.481 e. The summed E-state index contributed by atoms with van der Waals surface area (Å²) in [6.45, 7) is -1.00. The van der Waals surface area contributed by atoms with Crippen molar-refractivity contribution >= 4 is 21.9 Å². The zero-order valence-corrected chi connectivity index (χ0v) is 27.9. The standard InChI is InChI=1S/C35H34F4N4O7S/c36-26-15-27(37)31(39)32(30(26)38)51(48,49)43-14-13-29(43)33(44)42(19-23-17-41-28(18-40-23)22-9-5-2-6-10-22)24-11-12-25(34(45)46)35(47,16-24)50-20-21-7-3-1-4-8-21/h1,3-4,7-8,11-12,15-18,22,25,29,47H,2,5-6,9-10,13-14,19-20H2,(H,45,46)/t25-,29?,35?/m0/s1. The molecule has 11 nitrogen and oxygen atoms in total. The van der Waals surface area contributed by atoms with Gasteiger partial charge in [0.25, 0.3) is 0 Å². The number of hydrogen-bond donors (Lipinski definition) is 2. The molecule has 2 aliphatic carbocycles. The third-order valence-electron chi connectivity index (χ3n) is 9.38. The van der Waals surface area contributed by atoms with Crippen molar-refractivity contribution in [2.75, 3.05) is 6.54 Å².